The van der Waals surface area contributed by atoms with E-state index in [1.165, 1.54) is 36.4 Å². The minimum absolute atomic E-state index is 0.247. The largest absolute Gasteiger partial charge is 0.482 e. The van der Waals surface area contributed by atoms with E-state index >= 15 is 0 Å². The fourth-order valence-electron chi connectivity index (χ4n) is 1.56. The molecule has 106 valence electrons. The van der Waals surface area contributed by atoms with Crippen molar-refractivity contribution in [1.82, 2.24) is 0 Å². The lowest BCUT2D eigenvalue weighted by Crippen LogP contribution is -2.20. The molecule has 0 fully saturated rings. The first-order valence-corrected chi connectivity index (χ1v) is 6.34. The van der Waals surface area contributed by atoms with Gasteiger partial charge in [0.05, 0.1) is 16.7 Å². The number of anilines is 1. The van der Waals surface area contributed by atoms with E-state index in [1.807, 2.05) is 6.07 Å². The second kappa shape index (κ2) is 6.73. The number of carbonyl (C=O) groups excluding carboxylic acids is 1. The van der Waals surface area contributed by atoms with Crippen LogP contribution in [0.3, 0.4) is 0 Å². The summed E-state index contributed by atoms with van der Waals surface area (Å²) < 4.78 is 18.0. The van der Waals surface area contributed by atoms with Crippen LogP contribution in [0.2, 0.25) is 5.02 Å². The molecule has 0 aliphatic rings. The minimum atomic E-state index is -0.401. The van der Waals surface area contributed by atoms with Gasteiger partial charge in [0.1, 0.15) is 11.6 Å². The summed E-state index contributed by atoms with van der Waals surface area (Å²) in [7, 11) is 0. The van der Waals surface area contributed by atoms with E-state index < -0.39 is 5.91 Å². The van der Waals surface area contributed by atoms with Gasteiger partial charge in [-0.2, -0.15) is 5.26 Å². The van der Waals surface area contributed by atoms with E-state index in [0.29, 0.717) is 17.0 Å². The van der Waals surface area contributed by atoms with Crippen molar-refractivity contribution < 1.29 is 13.9 Å². The maximum atomic E-state index is 12.7. The Bertz CT molecular complexity index is 696. The molecule has 21 heavy (non-hydrogen) atoms. The number of ether oxygens (including phenoxy) is 1. The number of carbonyl (C=O) groups is 1. The number of nitrogens with zero attached hydrogens (tertiary/aromatic N) is 1. The Morgan fingerprint density at radius 1 is 1.29 bits per heavy atom. The maximum Gasteiger partial charge on any atom is 0.262 e. The van der Waals surface area contributed by atoms with Crippen LogP contribution >= 0.6 is 11.6 Å². The lowest BCUT2D eigenvalue weighted by molar-refractivity contribution is -0.118. The van der Waals surface area contributed by atoms with Crippen LogP contribution < -0.4 is 10.1 Å². The van der Waals surface area contributed by atoms with E-state index in [4.69, 9.17) is 21.6 Å². The van der Waals surface area contributed by atoms with E-state index in [0.717, 1.165) is 0 Å². The van der Waals surface area contributed by atoms with Crippen LogP contribution in [0.5, 0.6) is 5.75 Å². The summed E-state index contributed by atoms with van der Waals surface area (Å²) >= 11 is 5.92. The van der Waals surface area contributed by atoms with Crippen LogP contribution in [-0.4, -0.2) is 12.5 Å². The monoisotopic (exact) mass is 304 g/mol. The number of halogens is 2. The number of nitriles is 1. The summed E-state index contributed by atoms with van der Waals surface area (Å²) in [4.78, 5) is 11.7. The fraction of sp³-hybridized carbons (Fsp3) is 0.0667. The van der Waals surface area contributed by atoms with Crippen molar-refractivity contribution in [2.45, 2.75) is 0 Å². The first kappa shape index (κ1) is 14.8. The van der Waals surface area contributed by atoms with Crippen LogP contribution in [0.25, 0.3) is 0 Å². The quantitative estimate of drug-likeness (QED) is 0.942. The van der Waals surface area contributed by atoms with Crippen molar-refractivity contribution in [3.8, 4) is 11.8 Å². The molecule has 0 heterocycles. The number of benzene rings is 2. The molecule has 2 aromatic rings. The predicted molar refractivity (Wildman–Crippen MR) is 76.7 cm³/mol. The smallest absolute Gasteiger partial charge is 0.262 e. The van der Waals surface area contributed by atoms with E-state index in [2.05, 4.69) is 5.32 Å². The van der Waals surface area contributed by atoms with Gasteiger partial charge in [0, 0.05) is 5.69 Å². The Morgan fingerprint density at radius 3 is 2.62 bits per heavy atom. The first-order chi connectivity index (χ1) is 10.1. The average Bonchev–Trinajstić information content (AvgIpc) is 2.48. The van der Waals surface area contributed by atoms with Crippen LogP contribution in [0.4, 0.5) is 10.1 Å². The first-order valence-electron chi connectivity index (χ1n) is 5.96. The topological polar surface area (TPSA) is 62.1 Å². The second-order valence-corrected chi connectivity index (χ2v) is 4.51. The van der Waals surface area contributed by atoms with Crippen molar-refractivity contribution in [2.75, 3.05) is 11.9 Å². The number of hydrogen-bond acceptors (Lipinski definition) is 3. The Labute approximate surface area is 125 Å². The molecule has 2 aromatic carbocycles. The van der Waals surface area contributed by atoms with Gasteiger partial charge >= 0.3 is 0 Å². The summed E-state index contributed by atoms with van der Waals surface area (Å²) in [6.45, 7) is -0.247. The highest BCUT2D eigenvalue weighted by Crippen LogP contribution is 2.25. The Kier molecular flexibility index (Phi) is 4.75. The number of amides is 1. The summed E-state index contributed by atoms with van der Waals surface area (Å²) in [6, 6.07) is 11.8. The molecular formula is C15H10ClFN2O2. The van der Waals surface area contributed by atoms with Crippen molar-refractivity contribution in [1.29, 1.82) is 5.26 Å². The standard InChI is InChI=1S/C15H10ClFN2O2/c16-13-7-10(8-18)1-6-14(13)21-9-15(20)19-12-4-2-11(17)3-5-12/h1-7H,9H2,(H,19,20). The van der Waals surface area contributed by atoms with Crippen LogP contribution in [0, 0.1) is 17.1 Å². The van der Waals surface area contributed by atoms with Crippen LogP contribution in [0.15, 0.2) is 42.5 Å². The van der Waals surface area contributed by atoms with Crippen molar-refractivity contribution in [3.05, 3.63) is 58.9 Å². The fourth-order valence-corrected chi connectivity index (χ4v) is 1.80. The number of rotatable bonds is 4. The van der Waals surface area contributed by atoms with Gasteiger partial charge in [0.15, 0.2) is 6.61 Å². The third-order valence-electron chi connectivity index (χ3n) is 2.55. The highest BCUT2D eigenvalue weighted by atomic mass is 35.5. The zero-order valence-corrected chi connectivity index (χ0v) is 11.5. The van der Waals surface area contributed by atoms with Gasteiger partial charge in [-0.05, 0) is 42.5 Å². The molecule has 4 nitrogen and oxygen atoms in total. The predicted octanol–water partition coefficient (Wildman–Crippen LogP) is 3.37. The Hall–Kier alpha value is -2.58. The van der Waals surface area contributed by atoms with Gasteiger partial charge in [-0.1, -0.05) is 11.6 Å². The molecule has 0 bridgehead atoms. The van der Waals surface area contributed by atoms with Crippen molar-refractivity contribution in [3.63, 3.8) is 0 Å². The molecule has 2 rings (SSSR count). The molecule has 1 N–H and O–H groups in total. The highest BCUT2D eigenvalue weighted by Gasteiger charge is 2.07. The van der Waals surface area contributed by atoms with Gasteiger partial charge in [0.25, 0.3) is 5.91 Å². The van der Waals surface area contributed by atoms with Crippen LogP contribution in [-0.2, 0) is 4.79 Å². The summed E-state index contributed by atoms with van der Waals surface area (Å²) in [5, 5.41) is 11.5. The molecule has 6 heteroatoms. The molecule has 0 spiro atoms. The van der Waals surface area contributed by atoms with Gasteiger partial charge in [-0.3, -0.25) is 4.79 Å². The van der Waals surface area contributed by atoms with Gasteiger partial charge in [-0.15, -0.1) is 0 Å². The second-order valence-electron chi connectivity index (χ2n) is 4.10. The number of hydrogen-bond donors (Lipinski definition) is 1. The molecule has 0 aliphatic carbocycles. The number of nitrogens with one attached hydrogen (secondary N) is 1. The zero-order chi connectivity index (χ0) is 15.2. The summed E-state index contributed by atoms with van der Waals surface area (Å²) in [5.41, 5.74) is 0.874. The normalized spacial score (nSPS) is 9.76. The maximum absolute atomic E-state index is 12.7. The molecule has 0 unspecified atom stereocenters. The molecule has 0 aliphatic heterocycles. The summed E-state index contributed by atoms with van der Waals surface area (Å²) in [6.07, 6.45) is 0. The Balaban J connectivity index is 1.92. The molecule has 0 aromatic heterocycles. The molecule has 1 amide bonds. The highest BCUT2D eigenvalue weighted by molar-refractivity contribution is 6.32. The Morgan fingerprint density at radius 2 is 2.00 bits per heavy atom. The third-order valence-corrected chi connectivity index (χ3v) is 2.84. The van der Waals surface area contributed by atoms with E-state index in [9.17, 15) is 9.18 Å². The molecule has 0 radical (unpaired) electrons. The zero-order valence-electron chi connectivity index (χ0n) is 10.8. The lowest BCUT2D eigenvalue weighted by atomic mass is 10.2. The van der Waals surface area contributed by atoms with Crippen LogP contribution in [0.1, 0.15) is 5.56 Å². The molecular weight excluding hydrogens is 295 g/mol. The lowest BCUT2D eigenvalue weighted by Gasteiger charge is -2.09. The minimum Gasteiger partial charge on any atom is -0.482 e. The van der Waals surface area contributed by atoms with Gasteiger partial charge < -0.3 is 10.1 Å². The van der Waals surface area contributed by atoms with E-state index in [-0.39, 0.29) is 17.4 Å². The molecule has 0 saturated carbocycles. The van der Waals surface area contributed by atoms with Gasteiger partial charge in [-0.25, -0.2) is 4.39 Å². The SMILES string of the molecule is N#Cc1ccc(OCC(=O)Nc2ccc(F)cc2)c(Cl)c1. The average molecular weight is 305 g/mol. The molecule has 0 saturated heterocycles. The van der Waals surface area contributed by atoms with E-state index in [1.54, 1.807) is 6.07 Å². The van der Waals surface area contributed by atoms with Crippen molar-refractivity contribution >= 4 is 23.2 Å². The molecule has 0 atom stereocenters. The van der Waals surface area contributed by atoms with Gasteiger partial charge in [0.2, 0.25) is 0 Å². The third kappa shape index (κ3) is 4.20. The summed E-state index contributed by atoms with van der Waals surface area (Å²) in [5.74, 6) is -0.472. The van der Waals surface area contributed by atoms with Crippen molar-refractivity contribution in [2.24, 2.45) is 0 Å².